The van der Waals surface area contributed by atoms with Gasteiger partial charge in [0.2, 0.25) is 12.7 Å². The molecule has 0 aromatic heterocycles. The van der Waals surface area contributed by atoms with E-state index < -0.39 is 0 Å². The minimum atomic E-state index is -0.362. The maximum atomic E-state index is 12.6. The average molecular weight is 306 g/mol. The third-order valence-electron chi connectivity index (χ3n) is 4.07. The smallest absolute Gasteiger partial charge is 0.241 e. The van der Waals surface area contributed by atoms with E-state index in [1.54, 1.807) is 0 Å². The van der Waals surface area contributed by atoms with Gasteiger partial charge in [0, 0.05) is 12.0 Å². The van der Waals surface area contributed by atoms with E-state index in [1.165, 1.54) is 0 Å². The minimum absolute atomic E-state index is 0.0167. The lowest BCUT2D eigenvalue weighted by Gasteiger charge is -2.38. The number of benzene rings is 1. The second-order valence-corrected chi connectivity index (χ2v) is 6.50. The quantitative estimate of drug-likeness (QED) is 0.885. The number of carbonyl (C=O) groups excluding carboxylic acids is 1. The van der Waals surface area contributed by atoms with Crippen LogP contribution in [-0.2, 0) is 9.53 Å². The second-order valence-electron chi connectivity index (χ2n) is 6.50. The average Bonchev–Trinajstić information content (AvgIpc) is 2.90. The zero-order valence-electron chi connectivity index (χ0n) is 13.2. The van der Waals surface area contributed by atoms with Gasteiger partial charge in [0.1, 0.15) is 6.04 Å². The van der Waals surface area contributed by atoms with Gasteiger partial charge in [0.25, 0.3) is 0 Å². The molecule has 1 amide bonds. The van der Waals surface area contributed by atoms with Crippen molar-refractivity contribution in [1.29, 1.82) is 0 Å². The fourth-order valence-electron chi connectivity index (χ4n) is 2.72. The normalized spacial score (nSPS) is 19.6. The van der Waals surface area contributed by atoms with Gasteiger partial charge in [-0.15, -0.1) is 0 Å². The first-order valence-corrected chi connectivity index (χ1v) is 7.40. The molecule has 22 heavy (non-hydrogen) atoms. The number of nitrogens with zero attached hydrogens (tertiary/aromatic N) is 1. The van der Waals surface area contributed by atoms with E-state index in [0.29, 0.717) is 25.5 Å². The molecule has 0 aliphatic carbocycles. The largest absolute Gasteiger partial charge is 0.454 e. The lowest BCUT2D eigenvalue weighted by molar-refractivity contribution is -0.131. The van der Waals surface area contributed by atoms with Gasteiger partial charge in [-0.05, 0) is 31.8 Å². The van der Waals surface area contributed by atoms with Crippen molar-refractivity contribution in [2.24, 2.45) is 5.41 Å². The first-order chi connectivity index (χ1) is 10.5. The van der Waals surface area contributed by atoms with Gasteiger partial charge in [0.15, 0.2) is 11.5 Å². The van der Waals surface area contributed by atoms with Crippen molar-refractivity contribution in [3.63, 3.8) is 0 Å². The van der Waals surface area contributed by atoms with Crippen molar-refractivity contribution in [1.82, 2.24) is 10.2 Å². The first-order valence-electron chi connectivity index (χ1n) is 7.40. The predicted octanol–water partition coefficient (Wildman–Crippen LogP) is 1.17. The number of nitrogens with one attached hydrogen (secondary N) is 1. The fourth-order valence-corrected chi connectivity index (χ4v) is 2.72. The Morgan fingerprint density at radius 1 is 1.32 bits per heavy atom. The zero-order chi connectivity index (χ0) is 15.7. The van der Waals surface area contributed by atoms with Gasteiger partial charge in [-0.25, -0.2) is 0 Å². The summed E-state index contributed by atoms with van der Waals surface area (Å²) in [5.41, 5.74) is 0.947. The van der Waals surface area contributed by atoms with Gasteiger partial charge in [-0.3, -0.25) is 9.69 Å². The molecule has 0 bridgehead atoms. The molecule has 1 fully saturated rings. The van der Waals surface area contributed by atoms with E-state index in [1.807, 2.05) is 37.2 Å². The van der Waals surface area contributed by atoms with E-state index in [4.69, 9.17) is 14.2 Å². The Labute approximate surface area is 130 Å². The summed E-state index contributed by atoms with van der Waals surface area (Å²) in [5, 5.41) is 3.04. The van der Waals surface area contributed by atoms with Crippen molar-refractivity contribution in [2.75, 3.05) is 40.6 Å². The molecule has 1 aromatic carbocycles. The van der Waals surface area contributed by atoms with Crippen molar-refractivity contribution < 1.29 is 19.0 Å². The van der Waals surface area contributed by atoms with Gasteiger partial charge in [0.05, 0.1) is 13.2 Å². The number of ether oxygens (including phenoxy) is 3. The Hall–Kier alpha value is -1.79. The van der Waals surface area contributed by atoms with Crippen molar-refractivity contribution in [3.05, 3.63) is 23.8 Å². The van der Waals surface area contributed by atoms with Gasteiger partial charge >= 0.3 is 0 Å². The molecule has 0 saturated carbocycles. The molecule has 6 nitrogen and oxygen atoms in total. The van der Waals surface area contributed by atoms with E-state index in [0.717, 1.165) is 11.3 Å². The van der Waals surface area contributed by atoms with Crippen LogP contribution in [0.25, 0.3) is 0 Å². The fraction of sp³-hybridized carbons (Fsp3) is 0.562. The number of likely N-dealkylation sites (N-methyl/N-ethyl adjacent to an activating group) is 1. The summed E-state index contributed by atoms with van der Waals surface area (Å²) in [4.78, 5) is 14.5. The maximum Gasteiger partial charge on any atom is 0.241 e. The van der Waals surface area contributed by atoms with Crippen LogP contribution in [0.2, 0.25) is 0 Å². The van der Waals surface area contributed by atoms with Crippen molar-refractivity contribution >= 4 is 5.91 Å². The lowest BCUT2D eigenvalue weighted by Crippen LogP contribution is -2.50. The number of hydrogen-bond acceptors (Lipinski definition) is 5. The Balaban J connectivity index is 1.73. The standard InChI is InChI=1S/C16H22N2O4/c1-16(8-20-9-16)7-17-15(19)14(18(2)3)11-4-5-12-13(6-11)22-10-21-12/h4-6,14H,7-10H2,1-3H3,(H,17,19)/t14-/m1/s1. The number of fused-ring (bicyclic) bond motifs is 1. The van der Waals surface area contributed by atoms with Crippen LogP contribution < -0.4 is 14.8 Å². The molecule has 2 aliphatic rings. The number of amides is 1. The Kier molecular flexibility index (Phi) is 3.97. The van der Waals surface area contributed by atoms with Crippen molar-refractivity contribution in [2.45, 2.75) is 13.0 Å². The van der Waals surface area contributed by atoms with Crippen LogP contribution in [0.5, 0.6) is 11.5 Å². The summed E-state index contributed by atoms with van der Waals surface area (Å²) in [5.74, 6) is 1.40. The number of carbonyl (C=O) groups is 1. The molecule has 0 unspecified atom stereocenters. The molecule has 1 aromatic rings. The van der Waals surface area contributed by atoms with E-state index in [2.05, 4.69) is 12.2 Å². The second kappa shape index (κ2) is 5.78. The molecule has 3 rings (SSSR count). The molecule has 2 heterocycles. The highest BCUT2D eigenvalue weighted by Crippen LogP contribution is 2.35. The Morgan fingerprint density at radius 2 is 2.05 bits per heavy atom. The first kappa shape index (κ1) is 15.1. The lowest BCUT2D eigenvalue weighted by atomic mass is 9.88. The molecule has 1 N–H and O–H groups in total. The summed E-state index contributed by atoms with van der Waals surface area (Å²) in [6.45, 7) is 4.37. The Bertz CT molecular complexity index is 569. The number of rotatable bonds is 5. The van der Waals surface area contributed by atoms with Gasteiger partial charge in [-0.2, -0.15) is 0 Å². The van der Waals surface area contributed by atoms with Crippen LogP contribution in [0.1, 0.15) is 18.5 Å². The molecule has 6 heteroatoms. The van der Waals surface area contributed by atoms with Crippen LogP contribution in [0, 0.1) is 5.41 Å². The van der Waals surface area contributed by atoms with Crippen LogP contribution >= 0.6 is 0 Å². The van der Waals surface area contributed by atoms with Gasteiger partial charge < -0.3 is 19.5 Å². The molecule has 1 saturated heterocycles. The predicted molar refractivity (Wildman–Crippen MR) is 80.9 cm³/mol. The summed E-state index contributed by atoms with van der Waals surface area (Å²) < 4.78 is 15.9. The minimum Gasteiger partial charge on any atom is -0.454 e. The summed E-state index contributed by atoms with van der Waals surface area (Å²) in [7, 11) is 3.78. The van der Waals surface area contributed by atoms with E-state index in [9.17, 15) is 4.79 Å². The van der Waals surface area contributed by atoms with Crippen LogP contribution in [0.3, 0.4) is 0 Å². The highest BCUT2D eigenvalue weighted by Gasteiger charge is 2.35. The molecular weight excluding hydrogens is 284 g/mol. The molecule has 1 atom stereocenters. The van der Waals surface area contributed by atoms with E-state index in [-0.39, 0.29) is 24.2 Å². The van der Waals surface area contributed by atoms with Crippen LogP contribution in [0.15, 0.2) is 18.2 Å². The monoisotopic (exact) mass is 306 g/mol. The molecule has 0 radical (unpaired) electrons. The molecular formula is C16H22N2O4. The van der Waals surface area contributed by atoms with Crippen LogP contribution in [-0.4, -0.2) is 51.5 Å². The number of hydrogen-bond donors (Lipinski definition) is 1. The van der Waals surface area contributed by atoms with Crippen molar-refractivity contribution in [3.8, 4) is 11.5 Å². The third-order valence-corrected chi connectivity index (χ3v) is 4.07. The SMILES string of the molecule is CN(C)[C@@H](C(=O)NCC1(C)COC1)c1ccc2c(c1)OCO2. The van der Waals surface area contributed by atoms with Crippen LogP contribution in [0.4, 0.5) is 0 Å². The highest BCUT2D eigenvalue weighted by atomic mass is 16.7. The topological polar surface area (TPSA) is 60.0 Å². The summed E-state index contributed by atoms with van der Waals surface area (Å²) >= 11 is 0. The Morgan fingerprint density at radius 3 is 2.68 bits per heavy atom. The van der Waals surface area contributed by atoms with Gasteiger partial charge in [-0.1, -0.05) is 13.0 Å². The van der Waals surface area contributed by atoms with E-state index >= 15 is 0 Å². The summed E-state index contributed by atoms with van der Waals surface area (Å²) in [6, 6.07) is 5.27. The highest BCUT2D eigenvalue weighted by molar-refractivity contribution is 5.83. The maximum absolute atomic E-state index is 12.6. The zero-order valence-corrected chi connectivity index (χ0v) is 13.2. The molecule has 2 aliphatic heterocycles. The molecule has 0 spiro atoms. The molecule has 120 valence electrons. The summed E-state index contributed by atoms with van der Waals surface area (Å²) in [6.07, 6.45) is 0. The third kappa shape index (κ3) is 2.89.